The van der Waals surface area contributed by atoms with Crippen molar-refractivity contribution in [2.75, 3.05) is 31.1 Å². The second-order valence-electron chi connectivity index (χ2n) is 7.74. The van der Waals surface area contributed by atoms with E-state index >= 15 is 0 Å². The third-order valence-corrected chi connectivity index (χ3v) is 6.04. The van der Waals surface area contributed by atoms with Crippen LogP contribution < -0.4 is 4.90 Å². The Morgan fingerprint density at radius 3 is 2.69 bits per heavy atom. The molecule has 1 aliphatic heterocycles. The van der Waals surface area contributed by atoms with Crippen LogP contribution in [-0.2, 0) is 7.05 Å². The molecule has 1 aliphatic rings. The van der Waals surface area contributed by atoms with Crippen LogP contribution in [-0.4, -0.2) is 56.9 Å². The topological polar surface area (TPSA) is 80.3 Å². The van der Waals surface area contributed by atoms with Crippen molar-refractivity contribution in [2.24, 2.45) is 7.05 Å². The minimum Gasteiger partial charge on any atom is -0.335 e. The van der Waals surface area contributed by atoms with Gasteiger partial charge in [-0.25, -0.2) is 4.39 Å². The molecule has 4 aromatic rings. The molecule has 1 amide bonds. The quantitative estimate of drug-likeness (QED) is 0.469. The van der Waals surface area contributed by atoms with Gasteiger partial charge in [-0.05, 0) is 31.2 Å². The molecule has 0 aliphatic carbocycles. The number of amides is 1. The van der Waals surface area contributed by atoms with Crippen molar-refractivity contribution in [3.63, 3.8) is 0 Å². The highest BCUT2D eigenvalue weighted by atomic mass is 35.5. The number of halogens is 2. The van der Waals surface area contributed by atoms with E-state index in [0.29, 0.717) is 38.0 Å². The average Bonchev–Trinajstić information content (AvgIpc) is 3.40. The number of carbonyl (C=O) groups excluding carboxylic acids is 1. The Balaban J connectivity index is 1.29. The summed E-state index contributed by atoms with van der Waals surface area (Å²) >= 11 is 6.08. The van der Waals surface area contributed by atoms with Crippen molar-refractivity contribution in [3.8, 4) is 11.4 Å². The molecule has 0 unspecified atom stereocenters. The molecule has 0 radical (unpaired) electrons. The van der Waals surface area contributed by atoms with Crippen molar-refractivity contribution in [3.05, 3.63) is 58.5 Å². The summed E-state index contributed by atoms with van der Waals surface area (Å²) in [7, 11) is 1.90. The number of rotatable bonds is 3. The Morgan fingerprint density at radius 1 is 1.12 bits per heavy atom. The first-order chi connectivity index (χ1) is 15.4. The maximum absolute atomic E-state index is 13.5. The van der Waals surface area contributed by atoms with Crippen molar-refractivity contribution in [1.82, 2.24) is 24.8 Å². The van der Waals surface area contributed by atoms with Gasteiger partial charge in [0.15, 0.2) is 0 Å². The van der Waals surface area contributed by atoms with Crippen molar-refractivity contribution in [2.45, 2.75) is 6.92 Å². The maximum Gasteiger partial charge on any atom is 0.324 e. The van der Waals surface area contributed by atoms with Crippen molar-refractivity contribution in [1.29, 1.82) is 0 Å². The molecule has 10 heteroatoms. The number of piperazine rings is 1. The molecule has 3 heterocycles. The summed E-state index contributed by atoms with van der Waals surface area (Å²) in [6.45, 7) is 3.87. The van der Waals surface area contributed by atoms with E-state index in [4.69, 9.17) is 16.1 Å². The molecule has 2 aromatic heterocycles. The van der Waals surface area contributed by atoms with Gasteiger partial charge in [-0.1, -0.05) is 28.9 Å². The number of benzene rings is 2. The second kappa shape index (κ2) is 7.90. The second-order valence-corrected chi connectivity index (χ2v) is 8.15. The number of anilines is 1. The highest BCUT2D eigenvalue weighted by Crippen LogP contribution is 2.26. The van der Waals surface area contributed by atoms with Gasteiger partial charge in [0.1, 0.15) is 5.82 Å². The highest BCUT2D eigenvalue weighted by molar-refractivity contribution is 6.33. The smallest absolute Gasteiger partial charge is 0.324 e. The fraction of sp³-hybridized carbons (Fsp3) is 0.273. The van der Waals surface area contributed by atoms with Crippen molar-refractivity contribution < 1.29 is 13.7 Å². The number of carbonyl (C=O) groups is 1. The molecule has 32 heavy (non-hydrogen) atoms. The van der Waals surface area contributed by atoms with Gasteiger partial charge in [-0.15, -0.1) is 0 Å². The molecule has 1 fully saturated rings. The van der Waals surface area contributed by atoms with Crippen LogP contribution in [0.15, 0.2) is 40.9 Å². The molecule has 164 valence electrons. The molecule has 8 nitrogen and oxygen atoms in total. The van der Waals surface area contributed by atoms with E-state index in [-0.39, 0.29) is 16.5 Å². The minimum absolute atomic E-state index is 0.168. The first kappa shape index (κ1) is 20.4. The fourth-order valence-corrected chi connectivity index (χ4v) is 4.17. The predicted molar refractivity (Wildman–Crippen MR) is 118 cm³/mol. The molecule has 0 N–H and O–H groups in total. The Bertz CT molecular complexity index is 1330. The van der Waals surface area contributed by atoms with Crippen LogP contribution in [0.4, 0.5) is 10.4 Å². The summed E-state index contributed by atoms with van der Waals surface area (Å²) in [6.07, 6.45) is 0. The summed E-state index contributed by atoms with van der Waals surface area (Å²) in [5.41, 5.74) is 2.97. The largest absolute Gasteiger partial charge is 0.335 e. The Labute approximate surface area is 188 Å². The SMILES string of the molecule is Cc1nn(C)c2cc(-c3noc(N4CCN(C(=O)c5cc(F)ccc5Cl)CC4)n3)ccc12. The Hall–Kier alpha value is -3.46. The van der Waals surface area contributed by atoms with Gasteiger partial charge in [0.05, 0.1) is 21.8 Å². The lowest BCUT2D eigenvalue weighted by molar-refractivity contribution is 0.0744. The fourth-order valence-electron chi connectivity index (χ4n) is 3.97. The zero-order chi connectivity index (χ0) is 22.4. The number of aromatic nitrogens is 4. The number of hydrogen-bond donors (Lipinski definition) is 0. The molecular formula is C22H20ClFN6O2. The minimum atomic E-state index is -0.491. The van der Waals surface area contributed by atoms with Crippen LogP contribution >= 0.6 is 11.6 Å². The zero-order valence-corrected chi connectivity index (χ0v) is 18.3. The summed E-state index contributed by atoms with van der Waals surface area (Å²) < 4.78 is 20.9. The summed E-state index contributed by atoms with van der Waals surface area (Å²) in [5.74, 6) is -0.291. The molecule has 2 aromatic carbocycles. The van der Waals surface area contributed by atoms with Gasteiger partial charge in [0.2, 0.25) is 5.82 Å². The molecular weight excluding hydrogens is 435 g/mol. The van der Waals surface area contributed by atoms with Crippen LogP contribution in [0.5, 0.6) is 0 Å². The standard InChI is InChI=1S/C22H20ClFN6O2/c1-13-16-5-3-14(11-19(16)28(2)26-13)20-25-22(32-27-20)30-9-7-29(8-10-30)21(31)17-12-15(24)4-6-18(17)23/h3-6,11-12H,7-10H2,1-2H3. The Morgan fingerprint density at radius 2 is 1.91 bits per heavy atom. The van der Waals surface area contributed by atoms with E-state index in [1.54, 1.807) is 4.90 Å². The number of hydrogen-bond acceptors (Lipinski definition) is 6. The van der Waals surface area contributed by atoms with Crippen LogP contribution in [0.2, 0.25) is 5.02 Å². The van der Waals surface area contributed by atoms with Gasteiger partial charge < -0.3 is 14.3 Å². The first-order valence-electron chi connectivity index (χ1n) is 10.2. The predicted octanol–water partition coefficient (Wildman–Crippen LogP) is 3.69. The van der Waals surface area contributed by atoms with Gasteiger partial charge >= 0.3 is 6.01 Å². The molecule has 0 atom stereocenters. The van der Waals surface area contributed by atoms with Crippen LogP contribution in [0.3, 0.4) is 0 Å². The molecule has 0 saturated carbocycles. The Kier molecular flexibility index (Phi) is 5.05. The molecule has 1 saturated heterocycles. The highest BCUT2D eigenvalue weighted by Gasteiger charge is 2.26. The first-order valence-corrected chi connectivity index (χ1v) is 10.6. The van der Waals surface area contributed by atoms with E-state index in [1.807, 2.05) is 41.8 Å². The lowest BCUT2D eigenvalue weighted by Crippen LogP contribution is -2.49. The van der Waals surface area contributed by atoms with Gasteiger partial charge in [0.25, 0.3) is 5.91 Å². The summed E-state index contributed by atoms with van der Waals surface area (Å²) in [4.78, 5) is 20.9. The van der Waals surface area contributed by atoms with Crippen LogP contribution in [0.25, 0.3) is 22.3 Å². The monoisotopic (exact) mass is 454 g/mol. The summed E-state index contributed by atoms with van der Waals surface area (Å²) in [5, 5.41) is 9.89. The zero-order valence-electron chi connectivity index (χ0n) is 17.5. The summed E-state index contributed by atoms with van der Waals surface area (Å²) in [6, 6.07) is 10.1. The van der Waals surface area contributed by atoms with E-state index < -0.39 is 5.82 Å². The van der Waals surface area contributed by atoms with Crippen molar-refractivity contribution >= 4 is 34.4 Å². The lowest BCUT2D eigenvalue weighted by atomic mass is 10.1. The third-order valence-electron chi connectivity index (χ3n) is 5.71. The number of nitrogens with zero attached hydrogens (tertiary/aromatic N) is 6. The van der Waals surface area contributed by atoms with E-state index in [0.717, 1.165) is 22.2 Å². The number of fused-ring (bicyclic) bond motifs is 1. The molecule has 5 rings (SSSR count). The normalized spacial score (nSPS) is 14.4. The van der Waals surface area contributed by atoms with E-state index in [1.165, 1.54) is 18.2 Å². The van der Waals surface area contributed by atoms with Gasteiger partial charge in [-0.2, -0.15) is 10.1 Å². The lowest BCUT2D eigenvalue weighted by Gasteiger charge is -2.33. The van der Waals surface area contributed by atoms with Gasteiger partial charge in [0, 0.05) is 44.2 Å². The third kappa shape index (κ3) is 3.58. The van der Waals surface area contributed by atoms with E-state index in [2.05, 4.69) is 15.2 Å². The van der Waals surface area contributed by atoms with Gasteiger partial charge in [-0.3, -0.25) is 9.48 Å². The van der Waals surface area contributed by atoms with E-state index in [9.17, 15) is 9.18 Å². The van der Waals surface area contributed by atoms with Crippen LogP contribution in [0, 0.1) is 12.7 Å². The molecule has 0 bridgehead atoms. The maximum atomic E-state index is 13.5. The number of aryl methyl sites for hydroxylation is 2. The molecule has 0 spiro atoms. The van der Waals surface area contributed by atoms with Crippen LogP contribution in [0.1, 0.15) is 16.1 Å². The average molecular weight is 455 g/mol.